The van der Waals surface area contributed by atoms with Gasteiger partial charge >= 0.3 is 0 Å². The minimum atomic E-state index is 0.0735. The predicted octanol–water partition coefficient (Wildman–Crippen LogP) is 2.02. The molecule has 3 atom stereocenters. The number of hydrogen-bond donors (Lipinski definition) is 1. The first-order chi connectivity index (χ1) is 7.60. The van der Waals surface area contributed by atoms with Crippen LogP contribution in [0.15, 0.2) is 0 Å². The van der Waals surface area contributed by atoms with Gasteiger partial charge in [-0.15, -0.1) is 0 Å². The Morgan fingerprint density at radius 3 is 2.69 bits per heavy atom. The molecule has 94 valence electrons. The van der Waals surface area contributed by atoms with E-state index in [1.807, 2.05) is 0 Å². The third-order valence-corrected chi connectivity index (χ3v) is 3.66. The van der Waals surface area contributed by atoms with Gasteiger partial charge in [-0.25, -0.2) is 0 Å². The summed E-state index contributed by atoms with van der Waals surface area (Å²) in [5, 5.41) is 3.26. The monoisotopic (exact) mass is 226 g/mol. The van der Waals surface area contributed by atoms with Gasteiger partial charge in [0.1, 0.15) is 0 Å². The van der Waals surface area contributed by atoms with E-state index in [0.717, 1.165) is 25.9 Å². The molecule has 0 bridgehead atoms. The summed E-state index contributed by atoms with van der Waals surface area (Å²) in [5.41, 5.74) is 0. The Balaban J connectivity index is 2.46. The molecule has 1 heterocycles. The van der Waals surface area contributed by atoms with Crippen LogP contribution in [0.5, 0.6) is 0 Å². The van der Waals surface area contributed by atoms with Crippen molar-refractivity contribution >= 4 is 5.91 Å². The fraction of sp³-hybridized carbons (Fsp3) is 0.923. The molecule has 1 rings (SSSR count). The first-order valence-corrected chi connectivity index (χ1v) is 6.63. The summed E-state index contributed by atoms with van der Waals surface area (Å²) in [5.74, 6) is 1.01. The molecule has 1 saturated heterocycles. The maximum atomic E-state index is 12.1. The van der Waals surface area contributed by atoms with Crippen LogP contribution in [-0.4, -0.2) is 36.0 Å². The van der Waals surface area contributed by atoms with Gasteiger partial charge in [0.2, 0.25) is 5.91 Å². The van der Waals surface area contributed by atoms with Gasteiger partial charge in [0, 0.05) is 12.6 Å². The molecule has 3 nitrogen and oxygen atoms in total. The van der Waals surface area contributed by atoms with E-state index in [-0.39, 0.29) is 6.04 Å². The molecule has 0 saturated carbocycles. The molecule has 1 fully saturated rings. The molecule has 0 radical (unpaired) electrons. The molecular weight excluding hydrogens is 200 g/mol. The highest BCUT2D eigenvalue weighted by molar-refractivity contribution is 5.84. The van der Waals surface area contributed by atoms with Crippen molar-refractivity contribution in [1.29, 1.82) is 0 Å². The number of rotatable bonds is 6. The minimum Gasteiger partial charge on any atom is -0.339 e. The first-order valence-electron chi connectivity index (χ1n) is 6.63. The van der Waals surface area contributed by atoms with Crippen molar-refractivity contribution in [3.8, 4) is 0 Å². The number of nitrogens with one attached hydrogen (secondary N) is 1. The molecule has 0 aliphatic carbocycles. The molecule has 1 aliphatic heterocycles. The zero-order valence-electron chi connectivity index (χ0n) is 11.1. The van der Waals surface area contributed by atoms with Crippen molar-refractivity contribution in [3.63, 3.8) is 0 Å². The van der Waals surface area contributed by atoms with Gasteiger partial charge in [-0.1, -0.05) is 27.2 Å². The van der Waals surface area contributed by atoms with Crippen molar-refractivity contribution in [1.82, 2.24) is 10.2 Å². The van der Waals surface area contributed by atoms with Crippen LogP contribution in [-0.2, 0) is 4.79 Å². The standard InChI is InChI=1S/C13H26N2O/c1-5-10(3)9-11(4)15-8-7-12(13(15)16)14-6-2/h10-12,14H,5-9H2,1-4H3. The van der Waals surface area contributed by atoms with Crippen LogP contribution >= 0.6 is 0 Å². The fourth-order valence-corrected chi connectivity index (χ4v) is 2.45. The number of carbonyl (C=O) groups is 1. The van der Waals surface area contributed by atoms with E-state index in [4.69, 9.17) is 0 Å². The lowest BCUT2D eigenvalue weighted by atomic mass is 9.99. The van der Waals surface area contributed by atoms with E-state index in [9.17, 15) is 4.79 Å². The molecule has 3 heteroatoms. The molecule has 3 unspecified atom stereocenters. The Morgan fingerprint density at radius 2 is 2.12 bits per heavy atom. The van der Waals surface area contributed by atoms with Gasteiger partial charge in [0.05, 0.1) is 6.04 Å². The van der Waals surface area contributed by atoms with Crippen molar-refractivity contribution in [3.05, 3.63) is 0 Å². The Morgan fingerprint density at radius 1 is 1.44 bits per heavy atom. The van der Waals surface area contributed by atoms with Crippen LogP contribution in [0.4, 0.5) is 0 Å². The second-order valence-corrected chi connectivity index (χ2v) is 5.03. The highest BCUT2D eigenvalue weighted by Crippen LogP contribution is 2.20. The molecule has 0 spiro atoms. The number of nitrogens with zero attached hydrogens (tertiary/aromatic N) is 1. The average molecular weight is 226 g/mol. The minimum absolute atomic E-state index is 0.0735. The second kappa shape index (κ2) is 6.24. The second-order valence-electron chi connectivity index (χ2n) is 5.03. The molecular formula is C13H26N2O. The molecule has 1 aliphatic rings. The van der Waals surface area contributed by atoms with Crippen LogP contribution in [0.25, 0.3) is 0 Å². The lowest BCUT2D eigenvalue weighted by Gasteiger charge is -2.27. The highest BCUT2D eigenvalue weighted by Gasteiger charge is 2.33. The Kier molecular flexibility index (Phi) is 5.26. The zero-order chi connectivity index (χ0) is 12.1. The van der Waals surface area contributed by atoms with Crippen molar-refractivity contribution in [2.75, 3.05) is 13.1 Å². The van der Waals surface area contributed by atoms with Gasteiger partial charge in [-0.3, -0.25) is 4.79 Å². The summed E-state index contributed by atoms with van der Waals surface area (Å²) >= 11 is 0. The maximum Gasteiger partial charge on any atom is 0.240 e. The summed E-state index contributed by atoms with van der Waals surface area (Å²) in [6.07, 6.45) is 3.29. The van der Waals surface area contributed by atoms with Crippen LogP contribution in [0.1, 0.15) is 47.0 Å². The van der Waals surface area contributed by atoms with Gasteiger partial charge in [0.15, 0.2) is 0 Å². The fourth-order valence-electron chi connectivity index (χ4n) is 2.45. The summed E-state index contributed by atoms with van der Waals surface area (Å²) < 4.78 is 0. The topological polar surface area (TPSA) is 32.3 Å². The van der Waals surface area contributed by atoms with E-state index in [1.54, 1.807) is 0 Å². The molecule has 0 aromatic rings. The van der Waals surface area contributed by atoms with E-state index in [2.05, 4.69) is 37.9 Å². The van der Waals surface area contributed by atoms with Gasteiger partial charge in [-0.2, -0.15) is 0 Å². The number of hydrogen-bond acceptors (Lipinski definition) is 2. The van der Waals surface area contributed by atoms with Crippen LogP contribution < -0.4 is 5.32 Å². The first kappa shape index (κ1) is 13.5. The van der Waals surface area contributed by atoms with E-state index in [0.29, 0.717) is 17.9 Å². The Labute approximate surface area is 99.6 Å². The van der Waals surface area contributed by atoms with Crippen LogP contribution in [0, 0.1) is 5.92 Å². The Hall–Kier alpha value is -0.570. The lowest BCUT2D eigenvalue weighted by Crippen LogP contribution is -2.42. The van der Waals surface area contributed by atoms with E-state index >= 15 is 0 Å². The SMILES string of the molecule is CCNC1CCN(C(C)CC(C)CC)C1=O. The summed E-state index contributed by atoms with van der Waals surface area (Å²) in [6.45, 7) is 10.5. The summed E-state index contributed by atoms with van der Waals surface area (Å²) in [7, 11) is 0. The summed E-state index contributed by atoms with van der Waals surface area (Å²) in [4.78, 5) is 14.1. The average Bonchev–Trinajstić information content (AvgIpc) is 2.61. The quantitative estimate of drug-likeness (QED) is 0.751. The maximum absolute atomic E-state index is 12.1. The lowest BCUT2D eigenvalue weighted by molar-refractivity contribution is -0.131. The zero-order valence-corrected chi connectivity index (χ0v) is 11.1. The van der Waals surface area contributed by atoms with Crippen molar-refractivity contribution in [2.24, 2.45) is 5.92 Å². The Bertz CT molecular complexity index is 230. The summed E-state index contributed by atoms with van der Waals surface area (Å²) in [6, 6.07) is 0.468. The molecule has 1 amide bonds. The normalized spacial score (nSPS) is 24.9. The molecule has 0 aromatic carbocycles. The van der Waals surface area contributed by atoms with Crippen molar-refractivity contribution in [2.45, 2.75) is 59.0 Å². The molecule has 1 N–H and O–H groups in total. The predicted molar refractivity (Wildman–Crippen MR) is 67.3 cm³/mol. The number of likely N-dealkylation sites (tertiary alicyclic amines) is 1. The smallest absolute Gasteiger partial charge is 0.240 e. The van der Waals surface area contributed by atoms with Crippen molar-refractivity contribution < 1.29 is 4.79 Å². The van der Waals surface area contributed by atoms with Crippen LogP contribution in [0.2, 0.25) is 0 Å². The number of carbonyl (C=O) groups excluding carboxylic acids is 1. The largest absolute Gasteiger partial charge is 0.339 e. The van der Waals surface area contributed by atoms with E-state index < -0.39 is 0 Å². The van der Waals surface area contributed by atoms with Gasteiger partial charge in [0.25, 0.3) is 0 Å². The number of amides is 1. The highest BCUT2D eigenvalue weighted by atomic mass is 16.2. The van der Waals surface area contributed by atoms with Gasteiger partial charge in [-0.05, 0) is 32.2 Å². The molecule has 0 aromatic heterocycles. The van der Waals surface area contributed by atoms with Crippen LogP contribution in [0.3, 0.4) is 0 Å². The number of likely N-dealkylation sites (N-methyl/N-ethyl adjacent to an activating group) is 1. The third kappa shape index (κ3) is 3.21. The third-order valence-electron chi connectivity index (χ3n) is 3.66. The van der Waals surface area contributed by atoms with E-state index in [1.165, 1.54) is 6.42 Å². The molecule has 16 heavy (non-hydrogen) atoms. The van der Waals surface area contributed by atoms with Gasteiger partial charge < -0.3 is 10.2 Å².